The van der Waals surface area contributed by atoms with Gasteiger partial charge < -0.3 is 0 Å². The van der Waals surface area contributed by atoms with Crippen molar-refractivity contribution >= 4 is 0 Å². The Kier molecular flexibility index (Phi) is 4.22. The van der Waals surface area contributed by atoms with Gasteiger partial charge in [0, 0.05) is 0 Å². The summed E-state index contributed by atoms with van der Waals surface area (Å²) in [6.07, 6.45) is 6.92. The number of hydrogen-bond acceptors (Lipinski definition) is 1. The van der Waals surface area contributed by atoms with Crippen molar-refractivity contribution < 1.29 is 0 Å². The van der Waals surface area contributed by atoms with Crippen LogP contribution < -0.4 is 0 Å². The van der Waals surface area contributed by atoms with Gasteiger partial charge in [-0.2, -0.15) is 0 Å². The van der Waals surface area contributed by atoms with E-state index >= 15 is 0 Å². The average molecular weight is 305 g/mol. The number of fused-ring (bicyclic) bond motifs is 3. The number of unbranched alkanes of at least 4 members (excludes halogenated alkanes) is 1. The molecule has 0 atom stereocenters. The highest BCUT2D eigenvalue weighted by molar-refractivity contribution is 5.78. The first-order valence-corrected chi connectivity index (χ1v) is 9.30. The number of rotatable bonds is 4. The van der Waals surface area contributed by atoms with Gasteiger partial charge in [0.05, 0.1) is 6.04 Å². The minimum atomic E-state index is 0.481. The molecule has 0 bridgehead atoms. The molecule has 0 N–H and O–H groups in total. The summed E-state index contributed by atoms with van der Waals surface area (Å²) in [5.74, 6) is 0.957. The Morgan fingerprint density at radius 3 is 2.00 bits per heavy atom. The first kappa shape index (κ1) is 15.0. The SMILES string of the molecule is CCCCC1CCN(C2c3ccccc3-c3ccccc32)CC1. The van der Waals surface area contributed by atoms with E-state index < -0.39 is 0 Å². The predicted octanol–water partition coefficient (Wildman–Crippen LogP) is 5.66. The van der Waals surface area contributed by atoms with E-state index in [9.17, 15) is 0 Å². The van der Waals surface area contributed by atoms with E-state index in [-0.39, 0.29) is 0 Å². The number of nitrogens with zero attached hydrogens (tertiary/aromatic N) is 1. The fraction of sp³-hybridized carbons (Fsp3) is 0.455. The lowest BCUT2D eigenvalue weighted by atomic mass is 9.90. The molecular formula is C22H27N. The summed E-state index contributed by atoms with van der Waals surface area (Å²) in [7, 11) is 0. The predicted molar refractivity (Wildman–Crippen MR) is 97.5 cm³/mol. The van der Waals surface area contributed by atoms with Gasteiger partial charge >= 0.3 is 0 Å². The van der Waals surface area contributed by atoms with E-state index in [2.05, 4.69) is 60.4 Å². The summed E-state index contributed by atoms with van der Waals surface area (Å²) < 4.78 is 0. The summed E-state index contributed by atoms with van der Waals surface area (Å²) in [6, 6.07) is 18.5. The van der Waals surface area contributed by atoms with E-state index in [1.165, 1.54) is 67.4 Å². The maximum absolute atomic E-state index is 2.73. The van der Waals surface area contributed by atoms with E-state index in [0.717, 1.165) is 5.92 Å². The van der Waals surface area contributed by atoms with Crippen molar-refractivity contribution in [2.45, 2.75) is 45.1 Å². The number of piperidine rings is 1. The van der Waals surface area contributed by atoms with Gasteiger partial charge in [-0.1, -0.05) is 74.7 Å². The molecule has 2 aliphatic rings. The molecular weight excluding hydrogens is 278 g/mol. The van der Waals surface area contributed by atoms with Crippen LogP contribution in [0.25, 0.3) is 11.1 Å². The van der Waals surface area contributed by atoms with Crippen molar-refractivity contribution in [1.82, 2.24) is 4.90 Å². The van der Waals surface area contributed by atoms with Gasteiger partial charge in [-0.25, -0.2) is 0 Å². The lowest BCUT2D eigenvalue weighted by molar-refractivity contribution is 0.148. The Hall–Kier alpha value is -1.60. The average Bonchev–Trinajstić information content (AvgIpc) is 2.95. The van der Waals surface area contributed by atoms with Crippen LogP contribution in [0.5, 0.6) is 0 Å². The van der Waals surface area contributed by atoms with Crippen LogP contribution in [-0.2, 0) is 0 Å². The summed E-state index contributed by atoms with van der Waals surface area (Å²) in [5, 5.41) is 0. The molecule has 1 heteroatoms. The lowest BCUT2D eigenvalue weighted by Gasteiger charge is -2.37. The second kappa shape index (κ2) is 6.49. The van der Waals surface area contributed by atoms with Crippen molar-refractivity contribution in [3.63, 3.8) is 0 Å². The van der Waals surface area contributed by atoms with Gasteiger partial charge in [-0.05, 0) is 54.1 Å². The zero-order valence-electron chi connectivity index (χ0n) is 14.2. The van der Waals surface area contributed by atoms with Crippen LogP contribution in [0.15, 0.2) is 48.5 Å². The van der Waals surface area contributed by atoms with Crippen LogP contribution in [0.2, 0.25) is 0 Å². The molecule has 0 amide bonds. The molecule has 0 radical (unpaired) electrons. The summed E-state index contributed by atoms with van der Waals surface area (Å²) in [5.41, 5.74) is 5.92. The van der Waals surface area contributed by atoms with Crippen LogP contribution >= 0.6 is 0 Å². The highest BCUT2D eigenvalue weighted by atomic mass is 15.2. The Morgan fingerprint density at radius 2 is 1.43 bits per heavy atom. The topological polar surface area (TPSA) is 3.24 Å². The molecule has 0 saturated carbocycles. The van der Waals surface area contributed by atoms with Gasteiger partial charge in [-0.3, -0.25) is 4.90 Å². The van der Waals surface area contributed by atoms with Gasteiger partial charge in [0.25, 0.3) is 0 Å². The molecule has 4 rings (SSSR count). The molecule has 0 unspecified atom stereocenters. The zero-order valence-corrected chi connectivity index (χ0v) is 14.2. The first-order valence-electron chi connectivity index (χ1n) is 9.30. The van der Waals surface area contributed by atoms with Crippen molar-refractivity contribution in [1.29, 1.82) is 0 Å². The molecule has 1 fully saturated rings. The molecule has 0 aromatic heterocycles. The Bertz CT molecular complexity index is 622. The monoisotopic (exact) mass is 305 g/mol. The van der Waals surface area contributed by atoms with Crippen LogP contribution in [-0.4, -0.2) is 18.0 Å². The van der Waals surface area contributed by atoms with Gasteiger partial charge in [0.1, 0.15) is 0 Å². The van der Waals surface area contributed by atoms with Crippen molar-refractivity contribution in [3.8, 4) is 11.1 Å². The first-order chi connectivity index (χ1) is 11.4. The minimum Gasteiger partial charge on any atom is -0.292 e. The number of likely N-dealkylation sites (tertiary alicyclic amines) is 1. The summed E-state index contributed by atoms with van der Waals surface area (Å²) in [4.78, 5) is 2.73. The summed E-state index contributed by atoms with van der Waals surface area (Å²) in [6.45, 7) is 4.81. The highest BCUT2D eigenvalue weighted by Gasteiger charge is 2.34. The molecule has 2 aromatic carbocycles. The maximum Gasteiger partial charge on any atom is 0.0614 e. The van der Waals surface area contributed by atoms with E-state index in [1.807, 2.05) is 0 Å². The second-order valence-electron chi connectivity index (χ2n) is 7.20. The maximum atomic E-state index is 2.73. The third-order valence-corrected chi connectivity index (χ3v) is 5.78. The molecule has 0 spiro atoms. The molecule has 1 aliphatic carbocycles. The van der Waals surface area contributed by atoms with E-state index in [1.54, 1.807) is 0 Å². The molecule has 2 aromatic rings. The van der Waals surface area contributed by atoms with Gasteiger partial charge in [0.2, 0.25) is 0 Å². The quantitative estimate of drug-likeness (QED) is 0.704. The summed E-state index contributed by atoms with van der Waals surface area (Å²) >= 11 is 0. The normalized spacial score (nSPS) is 18.8. The smallest absolute Gasteiger partial charge is 0.0614 e. The van der Waals surface area contributed by atoms with Crippen LogP contribution in [0.3, 0.4) is 0 Å². The number of benzene rings is 2. The highest BCUT2D eigenvalue weighted by Crippen LogP contribution is 2.47. The van der Waals surface area contributed by atoms with Gasteiger partial charge in [0.15, 0.2) is 0 Å². The third kappa shape index (κ3) is 2.72. The zero-order chi connectivity index (χ0) is 15.6. The van der Waals surface area contributed by atoms with Gasteiger partial charge in [-0.15, -0.1) is 0 Å². The third-order valence-electron chi connectivity index (χ3n) is 5.78. The minimum absolute atomic E-state index is 0.481. The fourth-order valence-electron chi connectivity index (χ4n) is 4.51. The molecule has 23 heavy (non-hydrogen) atoms. The fourth-order valence-corrected chi connectivity index (χ4v) is 4.51. The van der Waals surface area contributed by atoms with Crippen LogP contribution in [0.1, 0.15) is 56.2 Å². The Labute approximate surface area is 140 Å². The van der Waals surface area contributed by atoms with Crippen LogP contribution in [0.4, 0.5) is 0 Å². The largest absolute Gasteiger partial charge is 0.292 e. The molecule has 120 valence electrons. The lowest BCUT2D eigenvalue weighted by Crippen LogP contribution is -2.36. The second-order valence-corrected chi connectivity index (χ2v) is 7.20. The van der Waals surface area contributed by atoms with E-state index in [4.69, 9.17) is 0 Å². The van der Waals surface area contributed by atoms with E-state index in [0.29, 0.717) is 6.04 Å². The van der Waals surface area contributed by atoms with Crippen molar-refractivity contribution in [3.05, 3.63) is 59.7 Å². The van der Waals surface area contributed by atoms with Crippen molar-refractivity contribution in [2.24, 2.45) is 5.92 Å². The van der Waals surface area contributed by atoms with Crippen molar-refractivity contribution in [2.75, 3.05) is 13.1 Å². The Morgan fingerprint density at radius 1 is 0.870 bits per heavy atom. The molecule has 1 nitrogen and oxygen atoms in total. The molecule has 1 heterocycles. The standard InChI is InChI=1S/C22H27N/c1-2-3-8-17-13-15-23(16-14-17)22-20-11-6-4-9-18(20)19-10-5-7-12-21(19)22/h4-7,9-12,17,22H,2-3,8,13-16H2,1H3. The molecule has 1 aliphatic heterocycles. The number of hydrogen-bond donors (Lipinski definition) is 0. The Balaban J connectivity index is 1.58. The van der Waals surface area contributed by atoms with Crippen LogP contribution in [0, 0.1) is 5.92 Å². The molecule has 1 saturated heterocycles.